The van der Waals surface area contributed by atoms with Crippen LogP contribution >= 0.6 is 0 Å². The largest absolute Gasteiger partial charge is 0.493 e. The molecule has 0 aliphatic heterocycles. The number of hydrogen-bond acceptors (Lipinski definition) is 3. The van der Waals surface area contributed by atoms with E-state index in [1.807, 2.05) is 42.5 Å². The predicted molar refractivity (Wildman–Crippen MR) is 129 cm³/mol. The van der Waals surface area contributed by atoms with Crippen LogP contribution in [-0.4, -0.2) is 16.2 Å². The Morgan fingerprint density at radius 2 is 1.62 bits per heavy atom. The minimum atomic E-state index is 0.433. The number of ether oxygens (including phenoxy) is 2. The Bertz CT molecular complexity index is 1350. The molecule has 5 aromatic rings. The van der Waals surface area contributed by atoms with E-state index in [4.69, 9.17) is 14.5 Å². The molecule has 0 saturated carbocycles. The molecule has 0 aliphatic carbocycles. The van der Waals surface area contributed by atoms with Gasteiger partial charge in [0, 0.05) is 11.9 Å². The highest BCUT2D eigenvalue weighted by atomic mass is 16.5. The van der Waals surface area contributed by atoms with Gasteiger partial charge in [0.05, 0.1) is 17.6 Å². The van der Waals surface area contributed by atoms with E-state index in [0.29, 0.717) is 13.2 Å². The molecule has 4 nitrogen and oxygen atoms in total. The van der Waals surface area contributed by atoms with Gasteiger partial charge in [-0.2, -0.15) is 0 Å². The fourth-order valence-corrected chi connectivity index (χ4v) is 4.06. The van der Waals surface area contributed by atoms with Crippen molar-refractivity contribution in [3.8, 4) is 11.5 Å². The van der Waals surface area contributed by atoms with Crippen molar-refractivity contribution in [1.82, 2.24) is 9.55 Å². The van der Waals surface area contributed by atoms with Gasteiger partial charge in [0.15, 0.2) is 0 Å². The van der Waals surface area contributed by atoms with Crippen LogP contribution in [-0.2, 0) is 13.2 Å². The second-order valence-corrected chi connectivity index (χ2v) is 7.95. The van der Waals surface area contributed by atoms with Crippen molar-refractivity contribution >= 4 is 21.8 Å². The summed E-state index contributed by atoms with van der Waals surface area (Å²) in [6.07, 6.45) is 0.876. The number of imidazole rings is 1. The van der Waals surface area contributed by atoms with Crippen LogP contribution in [0.15, 0.2) is 91.0 Å². The number of fused-ring (bicyclic) bond motifs is 2. The Morgan fingerprint density at radius 1 is 0.812 bits per heavy atom. The van der Waals surface area contributed by atoms with Crippen LogP contribution in [0.1, 0.15) is 17.8 Å². The Hall–Kier alpha value is -3.79. The maximum Gasteiger partial charge on any atom is 0.147 e. The molecule has 0 fully saturated rings. The molecule has 5 rings (SSSR count). The van der Waals surface area contributed by atoms with Crippen molar-refractivity contribution in [3.05, 3.63) is 102 Å². The third-order valence-electron chi connectivity index (χ3n) is 5.62. The number of aromatic nitrogens is 2. The third-order valence-corrected chi connectivity index (χ3v) is 5.62. The summed E-state index contributed by atoms with van der Waals surface area (Å²) in [5, 5.41) is 2.34. The SMILES string of the molecule is Cc1cccc(OCc2nc3ccccc3n2CCCOc2cccc3ccccc23)c1. The van der Waals surface area contributed by atoms with Crippen molar-refractivity contribution in [1.29, 1.82) is 0 Å². The fourth-order valence-electron chi connectivity index (χ4n) is 4.06. The summed E-state index contributed by atoms with van der Waals surface area (Å²) >= 11 is 0. The molecule has 4 aromatic carbocycles. The van der Waals surface area contributed by atoms with Crippen molar-refractivity contribution in [2.24, 2.45) is 0 Å². The quantitative estimate of drug-likeness (QED) is 0.266. The highest BCUT2D eigenvalue weighted by Gasteiger charge is 2.11. The Kier molecular flexibility index (Phi) is 5.75. The number of nitrogens with zero attached hydrogens (tertiary/aromatic N) is 2. The first-order valence-corrected chi connectivity index (χ1v) is 11.0. The summed E-state index contributed by atoms with van der Waals surface area (Å²) in [6, 6.07) is 30.9. The summed E-state index contributed by atoms with van der Waals surface area (Å²) in [7, 11) is 0. The monoisotopic (exact) mass is 422 g/mol. The van der Waals surface area contributed by atoms with E-state index in [9.17, 15) is 0 Å². The van der Waals surface area contributed by atoms with Gasteiger partial charge in [-0.15, -0.1) is 0 Å². The highest BCUT2D eigenvalue weighted by molar-refractivity contribution is 5.88. The molecule has 4 heteroatoms. The fraction of sp³-hybridized carbons (Fsp3) is 0.179. The Balaban J connectivity index is 1.29. The molecule has 0 N–H and O–H groups in total. The maximum absolute atomic E-state index is 6.15. The highest BCUT2D eigenvalue weighted by Crippen LogP contribution is 2.25. The Labute approximate surface area is 188 Å². The van der Waals surface area contributed by atoms with Crippen LogP contribution in [0.25, 0.3) is 21.8 Å². The van der Waals surface area contributed by atoms with E-state index in [1.165, 1.54) is 10.9 Å². The molecule has 0 unspecified atom stereocenters. The van der Waals surface area contributed by atoms with Crippen molar-refractivity contribution in [2.45, 2.75) is 26.5 Å². The van der Waals surface area contributed by atoms with Crippen LogP contribution in [0.2, 0.25) is 0 Å². The summed E-state index contributed by atoms with van der Waals surface area (Å²) < 4.78 is 14.4. The molecule has 0 radical (unpaired) electrons. The third kappa shape index (κ3) is 4.30. The lowest BCUT2D eigenvalue weighted by Crippen LogP contribution is -2.10. The average molecular weight is 423 g/mol. The van der Waals surface area contributed by atoms with E-state index in [1.54, 1.807) is 0 Å². The van der Waals surface area contributed by atoms with E-state index in [0.717, 1.165) is 46.7 Å². The van der Waals surface area contributed by atoms with Crippen LogP contribution in [0.5, 0.6) is 11.5 Å². The molecule has 32 heavy (non-hydrogen) atoms. The van der Waals surface area contributed by atoms with Crippen molar-refractivity contribution in [3.63, 3.8) is 0 Å². The van der Waals surface area contributed by atoms with Gasteiger partial charge < -0.3 is 14.0 Å². The van der Waals surface area contributed by atoms with Gasteiger partial charge in [-0.25, -0.2) is 4.98 Å². The van der Waals surface area contributed by atoms with Crippen LogP contribution < -0.4 is 9.47 Å². The minimum Gasteiger partial charge on any atom is -0.493 e. The number of para-hydroxylation sites is 2. The number of rotatable bonds is 8. The zero-order chi connectivity index (χ0) is 21.8. The van der Waals surface area contributed by atoms with Crippen LogP contribution in [0.4, 0.5) is 0 Å². The number of benzene rings is 4. The lowest BCUT2D eigenvalue weighted by molar-refractivity contribution is 0.281. The average Bonchev–Trinajstić information content (AvgIpc) is 3.18. The summed E-state index contributed by atoms with van der Waals surface area (Å²) in [5.74, 6) is 2.72. The first-order chi connectivity index (χ1) is 15.8. The molecule has 1 heterocycles. The van der Waals surface area contributed by atoms with E-state index >= 15 is 0 Å². The van der Waals surface area contributed by atoms with E-state index in [-0.39, 0.29) is 0 Å². The van der Waals surface area contributed by atoms with Crippen LogP contribution in [0.3, 0.4) is 0 Å². The second kappa shape index (κ2) is 9.15. The van der Waals surface area contributed by atoms with E-state index < -0.39 is 0 Å². The standard InChI is InChI=1S/C28H26N2O2/c1-21-9-6-12-23(19-21)32-20-28-29-25-14-4-5-15-26(25)30(28)17-8-18-31-27-16-7-11-22-10-2-3-13-24(22)27/h2-7,9-16,19H,8,17-18,20H2,1H3. The van der Waals surface area contributed by atoms with Crippen LogP contribution in [0, 0.1) is 6.92 Å². The van der Waals surface area contributed by atoms with Gasteiger partial charge >= 0.3 is 0 Å². The first-order valence-electron chi connectivity index (χ1n) is 11.0. The van der Waals surface area contributed by atoms with E-state index in [2.05, 4.69) is 60.0 Å². The Morgan fingerprint density at radius 3 is 2.56 bits per heavy atom. The zero-order valence-corrected chi connectivity index (χ0v) is 18.2. The lowest BCUT2D eigenvalue weighted by atomic mass is 10.1. The van der Waals surface area contributed by atoms with Gasteiger partial charge in [-0.05, 0) is 54.6 Å². The molecule has 0 aliphatic rings. The minimum absolute atomic E-state index is 0.433. The second-order valence-electron chi connectivity index (χ2n) is 7.95. The zero-order valence-electron chi connectivity index (χ0n) is 18.2. The normalized spacial score (nSPS) is 11.2. The number of hydrogen-bond donors (Lipinski definition) is 0. The molecule has 1 aromatic heterocycles. The first kappa shape index (κ1) is 20.1. The van der Waals surface area contributed by atoms with Crippen molar-refractivity contribution in [2.75, 3.05) is 6.61 Å². The summed E-state index contributed by atoms with van der Waals surface area (Å²) in [6.45, 7) is 3.96. The smallest absolute Gasteiger partial charge is 0.147 e. The molecular weight excluding hydrogens is 396 g/mol. The molecule has 0 spiro atoms. The molecule has 0 atom stereocenters. The molecular formula is C28H26N2O2. The number of aryl methyl sites for hydroxylation is 2. The van der Waals surface area contributed by atoms with Gasteiger partial charge in [0.25, 0.3) is 0 Å². The van der Waals surface area contributed by atoms with Gasteiger partial charge in [0.1, 0.15) is 23.9 Å². The molecule has 160 valence electrons. The summed E-state index contributed by atoms with van der Waals surface area (Å²) in [5.41, 5.74) is 3.30. The van der Waals surface area contributed by atoms with Crippen molar-refractivity contribution < 1.29 is 9.47 Å². The molecule has 0 amide bonds. The predicted octanol–water partition coefficient (Wildman–Crippen LogP) is 6.55. The topological polar surface area (TPSA) is 36.3 Å². The molecule has 0 bridgehead atoms. The lowest BCUT2D eigenvalue weighted by Gasteiger charge is -2.12. The van der Waals surface area contributed by atoms with Gasteiger partial charge in [-0.1, -0.05) is 60.7 Å². The van der Waals surface area contributed by atoms with Gasteiger partial charge in [0.2, 0.25) is 0 Å². The molecule has 0 saturated heterocycles. The summed E-state index contributed by atoms with van der Waals surface area (Å²) in [4.78, 5) is 4.83. The van der Waals surface area contributed by atoms with Gasteiger partial charge in [-0.3, -0.25) is 0 Å². The maximum atomic E-state index is 6.15.